The van der Waals surface area contributed by atoms with Crippen LogP contribution in [-0.2, 0) is 9.53 Å². The SMILES string of the molecule is CC(CCCl)CNC(=O)CCC1CCCO1. The molecule has 1 amide bonds. The number of hydrogen-bond acceptors (Lipinski definition) is 2. The molecule has 2 atom stereocenters. The van der Waals surface area contributed by atoms with Gasteiger partial charge in [-0.15, -0.1) is 11.6 Å². The van der Waals surface area contributed by atoms with Crippen molar-refractivity contribution in [2.24, 2.45) is 5.92 Å². The molecule has 0 aromatic carbocycles. The molecule has 0 aliphatic carbocycles. The fourth-order valence-electron chi connectivity index (χ4n) is 1.83. The number of halogens is 1. The van der Waals surface area contributed by atoms with Crippen LogP contribution >= 0.6 is 11.6 Å². The highest BCUT2D eigenvalue weighted by molar-refractivity contribution is 6.17. The van der Waals surface area contributed by atoms with Gasteiger partial charge in [-0.25, -0.2) is 0 Å². The average molecular weight is 248 g/mol. The number of ether oxygens (including phenoxy) is 1. The molecule has 1 rings (SSSR count). The largest absolute Gasteiger partial charge is 0.378 e. The minimum atomic E-state index is 0.136. The van der Waals surface area contributed by atoms with E-state index >= 15 is 0 Å². The van der Waals surface area contributed by atoms with Gasteiger partial charge in [-0.05, 0) is 31.6 Å². The van der Waals surface area contributed by atoms with Crippen LogP contribution in [0.3, 0.4) is 0 Å². The molecule has 0 spiro atoms. The molecular formula is C12H22ClNO2. The lowest BCUT2D eigenvalue weighted by Crippen LogP contribution is -2.29. The zero-order valence-corrected chi connectivity index (χ0v) is 10.8. The highest BCUT2D eigenvalue weighted by Gasteiger charge is 2.16. The van der Waals surface area contributed by atoms with Crippen molar-refractivity contribution in [1.29, 1.82) is 0 Å². The normalized spacial score (nSPS) is 22.0. The second-order valence-electron chi connectivity index (χ2n) is 4.56. The predicted molar refractivity (Wildman–Crippen MR) is 65.7 cm³/mol. The van der Waals surface area contributed by atoms with Crippen LogP contribution in [0.25, 0.3) is 0 Å². The molecule has 2 unspecified atom stereocenters. The lowest BCUT2D eigenvalue weighted by Gasteiger charge is -2.12. The molecule has 0 saturated carbocycles. The molecule has 3 nitrogen and oxygen atoms in total. The molecule has 0 aromatic rings. The highest BCUT2D eigenvalue weighted by Crippen LogP contribution is 2.16. The number of rotatable bonds is 7. The van der Waals surface area contributed by atoms with Gasteiger partial charge in [0.2, 0.25) is 5.91 Å². The molecule has 1 N–H and O–H groups in total. The van der Waals surface area contributed by atoms with E-state index in [0.29, 0.717) is 24.3 Å². The molecule has 0 aromatic heterocycles. The maximum Gasteiger partial charge on any atom is 0.220 e. The van der Waals surface area contributed by atoms with E-state index in [1.54, 1.807) is 0 Å². The molecule has 1 saturated heterocycles. The van der Waals surface area contributed by atoms with E-state index in [4.69, 9.17) is 16.3 Å². The number of carbonyl (C=O) groups is 1. The second kappa shape index (κ2) is 7.91. The van der Waals surface area contributed by atoms with Crippen LogP contribution in [0, 0.1) is 5.92 Å². The topological polar surface area (TPSA) is 38.3 Å². The second-order valence-corrected chi connectivity index (χ2v) is 4.94. The van der Waals surface area contributed by atoms with Crippen molar-refractivity contribution >= 4 is 17.5 Å². The van der Waals surface area contributed by atoms with Crippen molar-refractivity contribution in [2.75, 3.05) is 19.0 Å². The predicted octanol–water partition coefficient (Wildman–Crippen LogP) is 2.33. The molecular weight excluding hydrogens is 226 g/mol. The molecule has 0 radical (unpaired) electrons. The Labute approximate surface area is 103 Å². The third-order valence-electron chi connectivity index (χ3n) is 2.97. The first kappa shape index (κ1) is 13.8. The third kappa shape index (κ3) is 5.71. The van der Waals surface area contributed by atoms with E-state index in [1.807, 2.05) is 0 Å². The van der Waals surface area contributed by atoms with Crippen LogP contribution in [0.5, 0.6) is 0 Å². The summed E-state index contributed by atoms with van der Waals surface area (Å²) in [5, 5.41) is 2.94. The summed E-state index contributed by atoms with van der Waals surface area (Å²) in [6.45, 7) is 3.69. The van der Waals surface area contributed by atoms with E-state index in [-0.39, 0.29) is 5.91 Å². The highest BCUT2D eigenvalue weighted by atomic mass is 35.5. The van der Waals surface area contributed by atoms with Crippen molar-refractivity contribution in [3.8, 4) is 0 Å². The lowest BCUT2D eigenvalue weighted by atomic mass is 10.1. The van der Waals surface area contributed by atoms with Crippen LogP contribution in [0.15, 0.2) is 0 Å². The monoisotopic (exact) mass is 247 g/mol. The Morgan fingerprint density at radius 1 is 1.62 bits per heavy atom. The van der Waals surface area contributed by atoms with Gasteiger partial charge in [0.15, 0.2) is 0 Å². The smallest absolute Gasteiger partial charge is 0.220 e. The Kier molecular flexibility index (Phi) is 6.81. The Hall–Kier alpha value is -0.280. The van der Waals surface area contributed by atoms with Crippen molar-refractivity contribution < 1.29 is 9.53 Å². The van der Waals surface area contributed by atoms with Crippen LogP contribution < -0.4 is 5.32 Å². The third-order valence-corrected chi connectivity index (χ3v) is 3.19. The molecule has 1 fully saturated rings. The van der Waals surface area contributed by atoms with Crippen molar-refractivity contribution in [1.82, 2.24) is 5.32 Å². The summed E-state index contributed by atoms with van der Waals surface area (Å²) in [5.41, 5.74) is 0. The lowest BCUT2D eigenvalue weighted by molar-refractivity contribution is -0.121. The standard InChI is InChI=1S/C12H22ClNO2/c1-10(6-7-13)9-14-12(15)5-4-11-3-2-8-16-11/h10-11H,2-9H2,1H3,(H,14,15). The zero-order chi connectivity index (χ0) is 11.8. The fraction of sp³-hybridized carbons (Fsp3) is 0.917. The van der Waals surface area contributed by atoms with Crippen molar-refractivity contribution in [3.05, 3.63) is 0 Å². The first-order valence-electron chi connectivity index (χ1n) is 6.16. The van der Waals surface area contributed by atoms with E-state index < -0.39 is 0 Å². The molecule has 16 heavy (non-hydrogen) atoms. The Morgan fingerprint density at radius 2 is 2.44 bits per heavy atom. The van der Waals surface area contributed by atoms with Gasteiger partial charge in [-0.2, -0.15) is 0 Å². The van der Waals surface area contributed by atoms with Gasteiger partial charge >= 0.3 is 0 Å². The maximum absolute atomic E-state index is 11.5. The minimum Gasteiger partial charge on any atom is -0.378 e. The molecule has 1 heterocycles. The van der Waals surface area contributed by atoms with Crippen molar-refractivity contribution in [3.63, 3.8) is 0 Å². The van der Waals surface area contributed by atoms with Crippen LogP contribution in [-0.4, -0.2) is 31.0 Å². The summed E-state index contributed by atoms with van der Waals surface area (Å²) in [5.74, 6) is 1.26. The number of alkyl halides is 1. The Morgan fingerprint density at radius 3 is 3.06 bits per heavy atom. The number of amides is 1. The number of hydrogen-bond donors (Lipinski definition) is 1. The molecule has 1 aliphatic rings. The van der Waals surface area contributed by atoms with Gasteiger partial charge in [0.05, 0.1) is 6.10 Å². The van der Waals surface area contributed by atoms with Gasteiger partial charge < -0.3 is 10.1 Å². The Balaban J connectivity index is 2.01. The quantitative estimate of drug-likeness (QED) is 0.702. The van der Waals surface area contributed by atoms with E-state index in [0.717, 1.165) is 38.8 Å². The van der Waals surface area contributed by atoms with E-state index in [2.05, 4.69) is 12.2 Å². The van der Waals surface area contributed by atoms with E-state index in [9.17, 15) is 4.79 Å². The van der Waals surface area contributed by atoms with Gasteiger partial charge in [0.25, 0.3) is 0 Å². The van der Waals surface area contributed by atoms with Crippen LogP contribution in [0.2, 0.25) is 0 Å². The van der Waals surface area contributed by atoms with Crippen LogP contribution in [0.4, 0.5) is 0 Å². The molecule has 94 valence electrons. The maximum atomic E-state index is 11.5. The van der Waals surface area contributed by atoms with Crippen LogP contribution in [0.1, 0.15) is 39.0 Å². The zero-order valence-electron chi connectivity index (χ0n) is 10.0. The summed E-state index contributed by atoms with van der Waals surface area (Å²) < 4.78 is 5.47. The summed E-state index contributed by atoms with van der Waals surface area (Å²) in [7, 11) is 0. The molecule has 0 bridgehead atoms. The molecule has 1 aliphatic heterocycles. The first-order valence-corrected chi connectivity index (χ1v) is 6.70. The minimum absolute atomic E-state index is 0.136. The molecule has 4 heteroatoms. The first-order chi connectivity index (χ1) is 7.72. The summed E-state index contributed by atoms with van der Waals surface area (Å²) in [6.07, 6.45) is 4.95. The average Bonchev–Trinajstić information content (AvgIpc) is 2.77. The number of nitrogens with one attached hydrogen (secondary N) is 1. The number of carbonyl (C=O) groups excluding carboxylic acids is 1. The van der Waals surface area contributed by atoms with Gasteiger partial charge in [0.1, 0.15) is 0 Å². The van der Waals surface area contributed by atoms with Gasteiger partial charge in [-0.1, -0.05) is 6.92 Å². The fourth-order valence-corrected chi connectivity index (χ4v) is 2.20. The summed E-state index contributed by atoms with van der Waals surface area (Å²) in [6, 6.07) is 0. The van der Waals surface area contributed by atoms with Gasteiger partial charge in [-0.3, -0.25) is 4.79 Å². The van der Waals surface area contributed by atoms with Crippen molar-refractivity contribution in [2.45, 2.75) is 45.1 Å². The van der Waals surface area contributed by atoms with Gasteiger partial charge in [0, 0.05) is 25.5 Å². The Bertz CT molecular complexity index is 205. The summed E-state index contributed by atoms with van der Waals surface area (Å²) >= 11 is 5.63. The summed E-state index contributed by atoms with van der Waals surface area (Å²) in [4.78, 5) is 11.5. The van der Waals surface area contributed by atoms with E-state index in [1.165, 1.54) is 0 Å².